The standard InChI is InChI=1S/C13H21NO3S/c1-3-8-18(15,16)9-7-17-13-6-4-5-12(10-13)11(2)14/h4-6,10-11H,3,7-9,14H2,1-2H3. The van der Waals surface area contributed by atoms with Gasteiger partial charge in [-0.25, -0.2) is 8.42 Å². The van der Waals surface area contributed by atoms with E-state index in [-0.39, 0.29) is 24.2 Å². The summed E-state index contributed by atoms with van der Waals surface area (Å²) < 4.78 is 28.4. The van der Waals surface area contributed by atoms with Crippen molar-refractivity contribution in [3.63, 3.8) is 0 Å². The molecule has 0 saturated carbocycles. The van der Waals surface area contributed by atoms with Crippen molar-refractivity contribution >= 4 is 9.84 Å². The van der Waals surface area contributed by atoms with E-state index in [2.05, 4.69) is 0 Å². The lowest BCUT2D eigenvalue weighted by Gasteiger charge is -2.10. The van der Waals surface area contributed by atoms with Gasteiger partial charge in [0.25, 0.3) is 0 Å². The second-order valence-corrected chi connectivity index (χ2v) is 6.67. The molecule has 0 aliphatic carbocycles. The topological polar surface area (TPSA) is 69.4 Å². The molecule has 0 aliphatic rings. The van der Waals surface area contributed by atoms with E-state index in [0.29, 0.717) is 12.2 Å². The van der Waals surface area contributed by atoms with Crippen LogP contribution in [0.3, 0.4) is 0 Å². The van der Waals surface area contributed by atoms with Gasteiger partial charge in [-0.2, -0.15) is 0 Å². The van der Waals surface area contributed by atoms with E-state index in [0.717, 1.165) is 5.56 Å². The molecule has 0 fully saturated rings. The lowest BCUT2D eigenvalue weighted by atomic mass is 10.1. The molecule has 0 heterocycles. The maximum absolute atomic E-state index is 11.5. The van der Waals surface area contributed by atoms with Crippen LogP contribution in [0, 0.1) is 0 Å². The molecular formula is C13H21NO3S. The molecule has 4 nitrogen and oxygen atoms in total. The molecule has 0 aliphatic heterocycles. The first-order valence-electron chi connectivity index (χ1n) is 6.13. The van der Waals surface area contributed by atoms with Crippen molar-refractivity contribution in [2.45, 2.75) is 26.3 Å². The molecule has 5 heteroatoms. The summed E-state index contributed by atoms with van der Waals surface area (Å²) in [6.07, 6.45) is 0.641. The fourth-order valence-electron chi connectivity index (χ4n) is 1.59. The van der Waals surface area contributed by atoms with Gasteiger partial charge in [-0.3, -0.25) is 0 Å². The van der Waals surface area contributed by atoms with Crippen molar-refractivity contribution < 1.29 is 13.2 Å². The molecule has 102 valence electrons. The first-order valence-corrected chi connectivity index (χ1v) is 7.95. The SMILES string of the molecule is CCCS(=O)(=O)CCOc1cccc(C(C)N)c1. The van der Waals surface area contributed by atoms with Crippen LogP contribution in [0.5, 0.6) is 5.75 Å². The zero-order valence-corrected chi connectivity index (χ0v) is 11.7. The highest BCUT2D eigenvalue weighted by Crippen LogP contribution is 2.17. The molecule has 1 aromatic rings. The zero-order chi connectivity index (χ0) is 13.6. The van der Waals surface area contributed by atoms with Gasteiger partial charge in [-0.05, 0) is 31.0 Å². The second kappa shape index (κ2) is 6.75. The summed E-state index contributed by atoms with van der Waals surface area (Å²) in [5, 5.41) is 0. The Morgan fingerprint density at radius 3 is 2.67 bits per heavy atom. The number of nitrogens with two attached hydrogens (primary N) is 1. The third-order valence-electron chi connectivity index (χ3n) is 2.56. The van der Waals surface area contributed by atoms with E-state index in [1.165, 1.54) is 0 Å². The molecular weight excluding hydrogens is 250 g/mol. The zero-order valence-electron chi connectivity index (χ0n) is 10.9. The van der Waals surface area contributed by atoms with Crippen LogP contribution in [0.15, 0.2) is 24.3 Å². The Labute approximate surface area is 109 Å². The van der Waals surface area contributed by atoms with Gasteiger partial charge in [-0.15, -0.1) is 0 Å². The van der Waals surface area contributed by atoms with E-state index in [1.54, 1.807) is 6.07 Å². The summed E-state index contributed by atoms with van der Waals surface area (Å²) >= 11 is 0. The Morgan fingerprint density at radius 2 is 2.06 bits per heavy atom. The van der Waals surface area contributed by atoms with Gasteiger partial charge in [0.15, 0.2) is 9.84 Å². The number of benzene rings is 1. The number of hydrogen-bond acceptors (Lipinski definition) is 4. The van der Waals surface area contributed by atoms with Gasteiger partial charge in [0, 0.05) is 6.04 Å². The van der Waals surface area contributed by atoms with Crippen LogP contribution in [-0.2, 0) is 9.84 Å². The summed E-state index contributed by atoms with van der Waals surface area (Å²) in [5.41, 5.74) is 6.74. The van der Waals surface area contributed by atoms with Crippen molar-refractivity contribution in [3.05, 3.63) is 29.8 Å². The smallest absolute Gasteiger partial charge is 0.153 e. The predicted molar refractivity (Wildman–Crippen MR) is 73.5 cm³/mol. The van der Waals surface area contributed by atoms with Crippen molar-refractivity contribution in [1.29, 1.82) is 0 Å². The fraction of sp³-hybridized carbons (Fsp3) is 0.538. The van der Waals surface area contributed by atoms with Gasteiger partial charge >= 0.3 is 0 Å². The van der Waals surface area contributed by atoms with Gasteiger partial charge in [-0.1, -0.05) is 19.1 Å². The Bertz CT molecular complexity index is 469. The third kappa shape index (κ3) is 5.06. The number of sulfone groups is 1. The lowest BCUT2D eigenvalue weighted by molar-refractivity contribution is 0.340. The van der Waals surface area contributed by atoms with Crippen LogP contribution in [0.25, 0.3) is 0 Å². The number of rotatable bonds is 7. The van der Waals surface area contributed by atoms with Gasteiger partial charge < -0.3 is 10.5 Å². The van der Waals surface area contributed by atoms with Crippen LogP contribution in [0.4, 0.5) is 0 Å². The number of ether oxygens (including phenoxy) is 1. The Morgan fingerprint density at radius 1 is 1.33 bits per heavy atom. The minimum absolute atomic E-state index is 0.0580. The minimum atomic E-state index is -2.98. The van der Waals surface area contributed by atoms with E-state index in [9.17, 15) is 8.42 Å². The molecule has 0 radical (unpaired) electrons. The van der Waals surface area contributed by atoms with Crippen molar-refractivity contribution in [3.8, 4) is 5.75 Å². The molecule has 0 saturated heterocycles. The Hall–Kier alpha value is -1.07. The molecule has 1 unspecified atom stereocenters. The van der Waals surface area contributed by atoms with Crippen molar-refractivity contribution in [2.24, 2.45) is 5.73 Å². The molecule has 1 atom stereocenters. The van der Waals surface area contributed by atoms with Crippen LogP contribution >= 0.6 is 0 Å². The van der Waals surface area contributed by atoms with Gasteiger partial charge in [0.1, 0.15) is 12.4 Å². The molecule has 18 heavy (non-hydrogen) atoms. The van der Waals surface area contributed by atoms with E-state index in [1.807, 2.05) is 32.0 Å². The minimum Gasteiger partial charge on any atom is -0.493 e. The summed E-state index contributed by atoms with van der Waals surface area (Å²) in [4.78, 5) is 0. The summed E-state index contributed by atoms with van der Waals surface area (Å²) in [5.74, 6) is 0.941. The van der Waals surface area contributed by atoms with Crippen molar-refractivity contribution in [2.75, 3.05) is 18.1 Å². The maximum atomic E-state index is 11.5. The van der Waals surface area contributed by atoms with Crippen LogP contribution < -0.4 is 10.5 Å². The average Bonchev–Trinajstić information content (AvgIpc) is 2.29. The predicted octanol–water partition coefficient (Wildman–Crippen LogP) is 1.91. The Kier molecular flexibility index (Phi) is 5.62. The summed E-state index contributed by atoms with van der Waals surface area (Å²) in [7, 11) is -2.98. The fourth-order valence-corrected chi connectivity index (χ4v) is 2.75. The summed E-state index contributed by atoms with van der Waals surface area (Å²) in [6.45, 7) is 3.93. The van der Waals surface area contributed by atoms with E-state index in [4.69, 9.17) is 10.5 Å². The van der Waals surface area contributed by atoms with E-state index >= 15 is 0 Å². The third-order valence-corrected chi connectivity index (χ3v) is 4.38. The molecule has 2 N–H and O–H groups in total. The molecule has 0 amide bonds. The Balaban J connectivity index is 2.52. The average molecular weight is 271 g/mol. The van der Waals surface area contributed by atoms with Gasteiger partial charge in [0.2, 0.25) is 0 Å². The van der Waals surface area contributed by atoms with Gasteiger partial charge in [0.05, 0.1) is 11.5 Å². The largest absolute Gasteiger partial charge is 0.493 e. The molecule has 1 rings (SSSR count). The molecule has 0 aromatic heterocycles. The quantitative estimate of drug-likeness (QED) is 0.822. The monoisotopic (exact) mass is 271 g/mol. The van der Waals surface area contributed by atoms with Crippen LogP contribution in [0.2, 0.25) is 0 Å². The van der Waals surface area contributed by atoms with Crippen LogP contribution in [0.1, 0.15) is 31.9 Å². The lowest BCUT2D eigenvalue weighted by Crippen LogP contribution is -2.16. The first-order chi connectivity index (χ1) is 8.44. The number of hydrogen-bond donors (Lipinski definition) is 1. The van der Waals surface area contributed by atoms with Crippen molar-refractivity contribution in [1.82, 2.24) is 0 Å². The van der Waals surface area contributed by atoms with E-state index < -0.39 is 9.84 Å². The maximum Gasteiger partial charge on any atom is 0.153 e. The molecule has 1 aromatic carbocycles. The molecule has 0 bridgehead atoms. The highest BCUT2D eigenvalue weighted by atomic mass is 32.2. The highest BCUT2D eigenvalue weighted by Gasteiger charge is 2.09. The molecule has 0 spiro atoms. The summed E-state index contributed by atoms with van der Waals surface area (Å²) in [6, 6.07) is 7.37. The highest BCUT2D eigenvalue weighted by molar-refractivity contribution is 7.91. The second-order valence-electron chi connectivity index (χ2n) is 4.36. The first kappa shape index (κ1) is 15.0. The normalized spacial score (nSPS) is 13.3. The van der Waals surface area contributed by atoms with Crippen LogP contribution in [-0.4, -0.2) is 26.5 Å².